The van der Waals surface area contributed by atoms with Crippen LogP contribution in [0, 0.1) is 10.1 Å². The number of nitro groups is 1. The first-order valence-electron chi connectivity index (χ1n) is 6.07. The van der Waals surface area contributed by atoms with E-state index in [0.29, 0.717) is 24.3 Å². The van der Waals surface area contributed by atoms with Gasteiger partial charge >= 0.3 is 0 Å². The third-order valence-electron chi connectivity index (χ3n) is 2.71. The van der Waals surface area contributed by atoms with Crippen LogP contribution in [0.3, 0.4) is 0 Å². The molecule has 0 bridgehead atoms. The summed E-state index contributed by atoms with van der Waals surface area (Å²) in [6, 6.07) is 4.22. The van der Waals surface area contributed by atoms with Crippen LogP contribution in [0.2, 0.25) is 0 Å². The zero-order chi connectivity index (χ0) is 14.4. The molecule has 0 amide bonds. The molecule has 0 aliphatic heterocycles. The minimum absolute atomic E-state index is 0.0622. The normalized spacial score (nSPS) is 13.9. The Kier molecular flexibility index (Phi) is 5.72. The van der Waals surface area contributed by atoms with E-state index in [0.717, 1.165) is 0 Å². The van der Waals surface area contributed by atoms with Crippen molar-refractivity contribution >= 4 is 5.69 Å². The van der Waals surface area contributed by atoms with E-state index in [1.165, 1.54) is 18.2 Å². The summed E-state index contributed by atoms with van der Waals surface area (Å²) < 4.78 is 10.6. The predicted octanol–water partition coefficient (Wildman–Crippen LogP) is 2.45. The molecule has 1 aromatic carbocycles. The molecule has 0 saturated carbocycles. The maximum absolute atomic E-state index is 10.7. The van der Waals surface area contributed by atoms with Gasteiger partial charge in [0.15, 0.2) is 0 Å². The van der Waals surface area contributed by atoms with Crippen molar-refractivity contribution in [2.24, 2.45) is 0 Å². The van der Waals surface area contributed by atoms with E-state index in [1.807, 2.05) is 6.92 Å². The molecule has 106 valence electrons. The van der Waals surface area contributed by atoms with Crippen molar-refractivity contribution in [1.82, 2.24) is 0 Å². The van der Waals surface area contributed by atoms with Crippen molar-refractivity contribution in [3.05, 3.63) is 33.9 Å². The summed E-state index contributed by atoms with van der Waals surface area (Å²) in [5, 5.41) is 20.4. The molecule has 1 aromatic rings. The highest BCUT2D eigenvalue weighted by atomic mass is 16.6. The van der Waals surface area contributed by atoms with Gasteiger partial charge in [-0.1, -0.05) is 0 Å². The second-order valence-corrected chi connectivity index (χ2v) is 4.37. The number of nitrogens with zero attached hydrogens (tertiary/aromatic N) is 1. The molecule has 0 radical (unpaired) electrons. The molecule has 0 aliphatic rings. The fourth-order valence-corrected chi connectivity index (χ4v) is 1.64. The standard InChI is InChI=1S/C13H19NO5/c1-9(6-7-18-3)19-13-5-4-11(14(16)17)8-12(13)10(2)15/h4-5,8-10,15H,6-7H2,1-3H3. The minimum Gasteiger partial charge on any atom is -0.490 e. The fraction of sp³-hybridized carbons (Fsp3) is 0.538. The van der Waals surface area contributed by atoms with Gasteiger partial charge in [-0.15, -0.1) is 0 Å². The molecule has 0 saturated heterocycles. The molecule has 0 aromatic heterocycles. The van der Waals surface area contributed by atoms with E-state index in [2.05, 4.69) is 0 Å². The SMILES string of the molecule is COCCC(C)Oc1ccc([N+](=O)[O-])cc1C(C)O. The topological polar surface area (TPSA) is 81.8 Å². The molecular formula is C13H19NO5. The van der Waals surface area contributed by atoms with Crippen LogP contribution < -0.4 is 4.74 Å². The number of benzene rings is 1. The van der Waals surface area contributed by atoms with Gasteiger partial charge in [-0.05, 0) is 19.9 Å². The molecule has 2 atom stereocenters. The first-order valence-corrected chi connectivity index (χ1v) is 6.07. The molecular weight excluding hydrogens is 250 g/mol. The van der Waals surface area contributed by atoms with E-state index in [1.54, 1.807) is 14.0 Å². The van der Waals surface area contributed by atoms with Crippen LogP contribution in [0.25, 0.3) is 0 Å². The zero-order valence-electron chi connectivity index (χ0n) is 11.3. The number of aliphatic hydroxyl groups excluding tert-OH is 1. The second-order valence-electron chi connectivity index (χ2n) is 4.37. The summed E-state index contributed by atoms with van der Waals surface area (Å²) in [4.78, 5) is 10.2. The van der Waals surface area contributed by atoms with Crippen molar-refractivity contribution in [3.63, 3.8) is 0 Å². The first-order chi connectivity index (χ1) is 8.95. The van der Waals surface area contributed by atoms with Crippen LogP contribution in [-0.4, -0.2) is 29.9 Å². The molecule has 0 spiro atoms. The quantitative estimate of drug-likeness (QED) is 0.607. The van der Waals surface area contributed by atoms with Crippen LogP contribution in [0.4, 0.5) is 5.69 Å². The van der Waals surface area contributed by atoms with E-state index < -0.39 is 11.0 Å². The highest BCUT2D eigenvalue weighted by Crippen LogP contribution is 2.30. The first kappa shape index (κ1) is 15.4. The summed E-state index contributed by atoms with van der Waals surface area (Å²) in [6.07, 6.45) is -0.226. The van der Waals surface area contributed by atoms with Crippen molar-refractivity contribution < 1.29 is 19.5 Å². The minimum atomic E-state index is -0.829. The van der Waals surface area contributed by atoms with Crippen molar-refractivity contribution in [2.75, 3.05) is 13.7 Å². The Morgan fingerprint density at radius 1 is 1.42 bits per heavy atom. The van der Waals surface area contributed by atoms with Gasteiger partial charge in [0, 0.05) is 37.8 Å². The Morgan fingerprint density at radius 2 is 2.11 bits per heavy atom. The van der Waals surface area contributed by atoms with Gasteiger partial charge in [0.25, 0.3) is 5.69 Å². The van der Waals surface area contributed by atoms with Gasteiger partial charge in [0.05, 0.1) is 17.1 Å². The molecule has 1 N–H and O–H groups in total. The van der Waals surface area contributed by atoms with E-state index in [9.17, 15) is 15.2 Å². The summed E-state index contributed by atoms with van der Waals surface area (Å²) in [6.45, 7) is 4.00. The van der Waals surface area contributed by atoms with Gasteiger partial charge in [-0.25, -0.2) is 0 Å². The Bertz CT molecular complexity index is 433. The lowest BCUT2D eigenvalue weighted by atomic mass is 10.1. The smallest absolute Gasteiger partial charge is 0.270 e. The van der Waals surface area contributed by atoms with E-state index in [4.69, 9.17) is 9.47 Å². The Labute approximate surface area is 112 Å². The van der Waals surface area contributed by atoms with Crippen LogP contribution in [0.15, 0.2) is 18.2 Å². The van der Waals surface area contributed by atoms with Gasteiger partial charge in [-0.2, -0.15) is 0 Å². The largest absolute Gasteiger partial charge is 0.490 e. The molecule has 1 rings (SSSR count). The number of hydrogen-bond donors (Lipinski definition) is 1. The fourth-order valence-electron chi connectivity index (χ4n) is 1.64. The highest BCUT2D eigenvalue weighted by molar-refractivity contribution is 5.44. The summed E-state index contributed by atoms with van der Waals surface area (Å²) in [5.41, 5.74) is 0.353. The molecule has 0 fully saturated rings. The summed E-state index contributed by atoms with van der Waals surface area (Å²) in [7, 11) is 1.61. The van der Waals surface area contributed by atoms with Crippen molar-refractivity contribution in [3.8, 4) is 5.75 Å². The molecule has 6 heteroatoms. The zero-order valence-corrected chi connectivity index (χ0v) is 11.3. The lowest BCUT2D eigenvalue weighted by Gasteiger charge is -2.18. The Morgan fingerprint density at radius 3 is 2.63 bits per heavy atom. The predicted molar refractivity (Wildman–Crippen MR) is 70.3 cm³/mol. The summed E-state index contributed by atoms with van der Waals surface area (Å²) >= 11 is 0. The van der Waals surface area contributed by atoms with Gasteiger partial charge < -0.3 is 14.6 Å². The average Bonchev–Trinajstić information content (AvgIpc) is 2.36. The third-order valence-corrected chi connectivity index (χ3v) is 2.71. The van der Waals surface area contributed by atoms with Crippen LogP contribution in [-0.2, 0) is 4.74 Å². The lowest BCUT2D eigenvalue weighted by Crippen LogP contribution is -2.15. The average molecular weight is 269 g/mol. The van der Waals surface area contributed by atoms with Crippen LogP contribution in [0.1, 0.15) is 31.9 Å². The summed E-state index contributed by atoms with van der Waals surface area (Å²) in [5.74, 6) is 0.462. The van der Waals surface area contributed by atoms with Crippen LogP contribution in [0.5, 0.6) is 5.75 Å². The van der Waals surface area contributed by atoms with Gasteiger partial charge in [0.1, 0.15) is 5.75 Å². The maximum Gasteiger partial charge on any atom is 0.270 e. The second kappa shape index (κ2) is 7.06. The van der Waals surface area contributed by atoms with E-state index >= 15 is 0 Å². The maximum atomic E-state index is 10.7. The number of nitro benzene ring substituents is 1. The molecule has 19 heavy (non-hydrogen) atoms. The monoisotopic (exact) mass is 269 g/mol. The molecule has 2 unspecified atom stereocenters. The van der Waals surface area contributed by atoms with Crippen molar-refractivity contribution in [1.29, 1.82) is 0 Å². The van der Waals surface area contributed by atoms with Gasteiger partial charge in [-0.3, -0.25) is 10.1 Å². The van der Waals surface area contributed by atoms with Crippen LogP contribution >= 0.6 is 0 Å². The Balaban J connectivity index is 2.90. The van der Waals surface area contributed by atoms with Gasteiger partial charge in [0.2, 0.25) is 0 Å². The number of aliphatic hydroxyl groups is 1. The number of hydrogen-bond acceptors (Lipinski definition) is 5. The highest BCUT2D eigenvalue weighted by Gasteiger charge is 2.16. The Hall–Kier alpha value is -1.66. The molecule has 6 nitrogen and oxygen atoms in total. The number of non-ortho nitro benzene ring substituents is 1. The van der Waals surface area contributed by atoms with E-state index in [-0.39, 0.29) is 11.8 Å². The number of rotatable bonds is 7. The number of ether oxygens (including phenoxy) is 2. The molecule has 0 aliphatic carbocycles. The third kappa shape index (κ3) is 4.50. The van der Waals surface area contributed by atoms with Crippen molar-refractivity contribution in [2.45, 2.75) is 32.5 Å². The molecule has 0 heterocycles. The lowest BCUT2D eigenvalue weighted by molar-refractivity contribution is -0.385. The number of methoxy groups -OCH3 is 1.